The first-order valence-electron chi connectivity index (χ1n) is 5.88. The second-order valence-electron chi connectivity index (χ2n) is 4.35. The van der Waals surface area contributed by atoms with Crippen LogP contribution in [0.4, 0.5) is 13.2 Å². The number of aromatic carboxylic acids is 1. The number of halogens is 3. The Kier molecular flexibility index (Phi) is 3.84. The SMILES string of the molecule is O=C(O)c1ccc(Cn2cccc(C(F)(F)F)c2=O)cc1. The van der Waals surface area contributed by atoms with E-state index in [0.717, 1.165) is 16.7 Å². The van der Waals surface area contributed by atoms with Gasteiger partial charge in [-0.15, -0.1) is 0 Å². The summed E-state index contributed by atoms with van der Waals surface area (Å²) in [5.41, 5.74) is -1.77. The zero-order chi connectivity index (χ0) is 15.6. The minimum Gasteiger partial charge on any atom is -0.478 e. The van der Waals surface area contributed by atoms with Crippen LogP contribution in [0.5, 0.6) is 0 Å². The molecule has 2 aromatic rings. The van der Waals surface area contributed by atoms with E-state index >= 15 is 0 Å². The monoisotopic (exact) mass is 297 g/mol. The average molecular weight is 297 g/mol. The molecule has 4 nitrogen and oxygen atoms in total. The number of carboxylic acid groups (broad SMARTS) is 1. The molecule has 0 spiro atoms. The molecule has 1 N–H and O–H groups in total. The van der Waals surface area contributed by atoms with Crippen LogP contribution in [0.25, 0.3) is 0 Å². The van der Waals surface area contributed by atoms with E-state index in [1.807, 2.05) is 0 Å². The Morgan fingerprint density at radius 3 is 2.29 bits per heavy atom. The molecule has 0 bridgehead atoms. The Morgan fingerprint density at radius 1 is 1.14 bits per heavy atom. The van der Waals surface area contributed by atoms with Gasteiger partial charge in [0.2, 0.25) is 0 Å². The third-order valence-corrected chi connectivity index (χ3v) is 2.88. The van der Waals surface area contributed by atoms with Gasteiger partial charge in [0.15, 0.2) is 0 Å². The molecular weight excluding hydrogens is 287 g/mol. The van der Waals surface area contributed by atoms with Crippen molar-refractivity contribution >= 4 is 5.97 Å². The second-order valence-corrected chi connectivity index (χ2v) is 4.35. The first-order valence-corrected chi connectivity index (χ1v) is 5.88. The van der Waals surface area contributed by atoms with Crippen LogP contribution in [0.15, 0.2) is 47.4 Å². The molecule has 0 fully saturated rings. The molecule has 1 aromatic carbocycles. The molecule has 21 heavy (non-hydrogen) atoms. The zero-order valence-electron chi connectivity index (χ0n) is 10.6. The van der Waals surface area contributed by atoms with E-state index in [2.05, 4.69) is 0 Å². The summed E-state index contributed by atoms with van der Waals surface area (Å²) in [6.45, 7) is -0.0668. The molecule has 2 rings (SSSR count). The standard InChI is InChI=1S/C14H10F3NO3/c15-14(16,17)11-2-1-7-18(12(11)19)8-9-3-5-10(6-4-9)13(20)21/h1-7H,8H2,(H,20,21). The van der Waals surface area contributed by atoms with E-state index in [0.29, 0.717) is 5.56 Å². The van der Waals surface area contributed by atoms with Crippen molar-refractivity contribution in [3.05, 3.63) is 69.6 Å². The number of alkyl halides is 3. The molecule has 0 unspecified atom stereocenters. The fraction of sp³-hybridized carbons (Fsp3) is 0.143. The molecule has 0 amide bonds. The lowest BCUT2D eigenvalue weighted by molar-refractivity contribution is -0.138. The van der Waals surface area contributed by atoms with Crippen molar-refractivity contribution in [1.29, 1.82) is 0 Å². The van der Waals surface area contributed by atoms with E-state index in [1.165, 1.54) is 30.5 Å². The number of rotatable bonds is 3. The minimum absolute atomic E-state index is 0.0649. The average Bonchev–Trinajstić information content (AvgIpc) is 2.40. The summed E-state index contributed by atoms with van der Waals surface area (Å²) in [6.07, 6.45) is -3.45. The number of hydrogen-bond acceptors (Lipinski definition) is 2. The highest BCUT2D eigenvalue weighted by Crippen LogP contribution is 2.26. The Hall–Kier alpha value is -2.57. The van der Waals surface area contributed by atoms with E-state index in [-0.39, 0.29) is 12.1 Å². The van der Waals surface area contributed by atoms with Crippen molar-refractivity contribution in [2.45, 2.75) is 12.7 Å². The molecule has 0 saturated heterocycles. The Labute approximate surface area is 117 Å². The number of nitrogens with zero attached hydrogens (tertiary/aromatic N) is 1. The topological polar surface area (TPSA) is 59.3 Å². The van der Waals surface area contributed by atoms with Crippen LogP contribution in [0.3, 0.4) is 0 Å². The van der Waals surface area contributed by atoms with Crippen LogP contribution in [0, 0.1) is 0 Å². The Morgan fingerprint density at radius 2 is 1.76 bits per heavy atom. The molecular formula is C14H10F3NO3. The molecule has 0 aliphatic rings. The van der Waals surface area contributed by atoms with Gasteiger partial charge in [-0.2, -0.15) is 13.2 Å². The highest BCUT2D eigenvalue weighted by molar-refractivity contribution is 5.87. The number of hydrogen-bond donors (Lipinski definition) is 1. The van der Waals surface area contributed by atoms with Crippen molar-refractivity contribution in [2.24, 2.45) is 0 Å². The predicted octanol–water partition coefficient (Wildman–Crippen LogP) is 2.61. The van der Waals surface area contributed by atoms with Gasteiger partial charge in [0.05, 0.1) is 12.1 Å². The van der Waals surface area contributed by atoms with Gasteiger partial charge in [-0.25, -0.2) is 4.79 Å². The molecule has 0 radical (unpaired) electrons. The highest BCUT2D eigenvalue weighted by Gasteiger charge is 2.34. The minimum atomic E-state index is -4.70. The number of benzene rings is 1. The van der Waals surface area contributed by atoms with Crippen LogP contribution in [-0.2, 0) is 12.7 Å². The fourth-order valence-electron chi connectivity index (χ4n) is 1.83. The van der Waals surface area contributed by atoms with Gasteiger partial charge in [-0.3, -0.25) is 4.79 Å². The number of carboxylic acids is 1. The van der Waals surface area contributed by atoms with Gasteiger partial charge in [0, 0.05) is 6.20 Å². The molecule has 1 heterocycles. The number of carbonyl (C=O) groups is 1. The maximum absolute atomic E-state index is 12.6. The van der Waals surface area contributed by atoms with Gasteiger partial charge >= 0.3 is 12.1 Å². The zero-order valence-corrected chi connectivity index (χ0v) is 10.6. The lowest BCUT2D eigenvalue weighted by Crippen LogP contribution is -2.28. The third kappa shape index (κ3) is 3.31. The molecule has 110 valence electrons. The summed E-state index contributed by atoms with van der Waals surface area (Å²) in [5.74, 6) is -1.10. The van der Waals surface area contributed by atoms with Crippen LogP contribution in [-0.4, -0.2) is 15.6 Å². The van der Waals surface area contributed by atoms with Gasteiger partial charge in [0.25, 0.3) is 5.56 Å². The van der Waals surface area contributed by atoms with Crippen LogP contribution < -0.4 is 5.56 Å². The van der Waals surface area contributed by atoms with Gasteiger partial charge in [0.1, 0.15) is 5.56 Å². The second kappa shape index (κ2) is 5.43. The van der Waals surface area contributed by atoms with E-state index in [1.54, 1.807) is 0 Å². The van der Waals surface area contributed by atoms with Crippen LogP contribution in [0.1, 0.15) is 21.5 Å². The first kappa shape index (κ1) is 14.8. The van der Waals surface area contributed by atoms with Crippen molar-refractivity contribution in [1.82, 2.24) is 4.57 Å². The highest BCUT2D eigenvalue weighted by atomic mass is 19.4. The molecule has 1 aromatic heterocycles. The molecule has 0 atom stereocenters. The van der Waals surface area contributed by atoms with Crippen LogP contribution >= 0.6 is 0 Å². The summed E-state index contributed by atoms with van der Waals surface area (Å²) in [7, 11) is 0. The smallest absolute Gasteiger partial charge is 0.421 e. The number of pyridine rings is 1. The predicted molar refractivity (Wildman–Crippen MR) is 68.2 cm³/mol. The van der Waals surface area contributed by atoms with Crippen molar-refractivity contribution < 1.29 is 23.1 Å². The number of aromatic nitrogens is 1. The van der Waals surface area contributed by atoms with Gasteiger partial charge in [-0.05, 0) is 29.8 Å². The maximum Gasteiger partial charge on any atom is 0.421 e. The van der Waals surface area contributed by atoms with Crippen LogP contribution in [0.2, 0.25) is 0 Å². The Bertz CT molecular complexity index is 717. The summed E-state index contributed by atoms with van der Waals surface area (Å²) in [4.78, 5) is 22.4. The first-order chi connectivity index (χ1) is 9.79. The summed E-state index contributed by atoms with van der Waals surface area (Å²) < 4.78 is 38.8. The normalized spacial score (nSPS) is 11.4. The lowest BCUT2D eigenvalue weighted by atomic mass is 10.1. The van der Waals surface area contributed by atoms with E-state index in [4.69, 9.17) is 5.11 Å². The van der Waals surface area contributed by atoms with Crippen molar-refractivity contribution in [3.8, 4) is 0 Å². The van der Waals surface area contributed by atoms with Gasteiger partial charge < -0.3 is 9.67 Å². The molecule has 0 aliphatic carbocycles. The van der Waals surface area contributed by atoms with E-state index < -0.39 is 23.3 Å². The molecule has 7 heteroatoms. The summed E-state index contributed by atoms with van der Waals surface area (Å²) in [6, 6.07) is 7.45. The summed E-state index contributed by atoms with van der Waals surface area (Å²) in [5, 5.41) is 8.76. The van der Waals surface area contributed by atoms with Crippen molar-refractivity contribution in [2.75, 3.05) is 0 Å². The maximum atomic E-state index is 12.6. The Balaban J connectivity index is 2.32. The van der Waals surface area contributed by atoms with E-state index in [9.17, 15) is 22.8 Å². The third-order valence-electron chi connectivity index (χ3n) is 2.88. The van der Waals surface area contributed by atoms with Gasteiger partial charge in [-0.1, -0.05) is 12.1 Å². The van der Waals surface area contributed by atoms with Crippen molar-refractivity contribution in [3.63, 3.8) is 0 Å². The quantitative estimate of drug-likeness (QED) is 0.947. The summed E-state index contributed by atoms with van der Waals surface area (Å²) >= 11 is 0. The lowest BCUT2D eigenvalue weighted by Gasteiger charge is -2.10. The fourth-order valence-corrected chi connectivity index (χ4v) is 1.83. The molecule has 0 aliphatic heterocycles. The molecule has 0 saturated carbocycles. The largest absolute Gasteiger partial charge is 0.478 e.